The zero-order valence-corrected chi connectivity index (χ0v) is 23.0. The summed E-state index contributed by atoms with van der Waals surface area (Å²) in [4.78, 5) is 25.9. The first-order valence-electron chi connectivity index (χ1n) is 11.8. The van der Waals surface area contributed by atoms with Gasteiger partial charge >= 0.3 is 5.97 Å². The zero-order valence-electron chi connectivity index (χ0n) is 20.7. The SMILES string of the molecule is C[C@H](NC(=O)c1cccc(N(C2CN(C(c3ccc(Cl)cc3)c3ccc(Cl)cc3)C2)S(C)(=O)=O)c1)C(=O)O. The first-order valence-corrected chi connectivity index (χ1v) is 14.4. The van der Waals surface area contributed by atoms with Crippen molar-refractivity contribution in [1.82, 2.24) is 10.2 Å². The standard InChI is InChI=1S/C27H27Cl2N3O5S/c1-17(27(34)35)30-26(33)20-4-3-5-23(14-20)32(38(2,36)37)24-15-31(16-24)25(18-6-10-21(28)11-7-18)19-8-12-22(29)13-9-19/h3-14,17,24-25H,15-16H2,1-2H3,(H,30,33)(H,34,35)/t17-/m0/s1. The van der Waals surface area contributed by atoms with Crippen LogP contribution in [0.25, 0.3) is 0 Å². The van der Waals surface area contributed by atoms with Gasteiger partial charge in [0.05, 0.1) is 24.0 Å². The Morgan fingerprint density at radius 2 is 1.50 bits per heavy atom. The third kappa shape index (κ3) is 6.30. The van der Waals surface area contributed by atoms with Crippen LogP contribution in [-0.4, -0.2) is 61.7 Å². The van der Waals surface area contributed by atoms with Gasteiger partial charge in [0, 0.05) is 28.7 Å². The van der Waals surface area contributed by atoms with E-state index >= 15 is 0 Å². The van der Waals surface area contributed by atoms with Gasteiger partial charge in [0.15, 0.2) is 0 Å². The Labute approximate surface area is 231 Å². The van der Waals surface area contributed by atoms with E-state index in [1.807, 2.05) is 48.5 Å². The molecule has 0 saturated carbocycles. The topological polar surface area (TPSA) is 107 Å². The van der Waals surface area contributed by atoms with Gasteiger partial charge in [-0.25, -0.2) is 8.42 Å². The Hall–Kier alpha value is -3.11. The van der Waals surface area contributed by atoms with Gasteiger partial charge < -0.3 is 10.4 Å². The minimum absolute atomic E-state index is 0.142. The molecule has 3 aromatic rings. The highest BCUT2D eigenvalue weighted by atomic mass is 35.5. The van der Waals surface area contributed by atoms with Crippen molar-refractivity contribution in [2.75, 3.05) is 23.7 Å². The molecule has 0 spiro atoms. The van der Waals surface area contributed by atoms with Gasteiger partial charge in [-0.05, 0) is 60.5 Å². The summed E-state index contributed by atoms with van der Waals surface area (Å²) in [5, 5.41) is 12.7. The second-order valence-electron chi connectivity index (χ2n) is 9.26. The van der Waals surface area contributed by atoms with Crippen molar-refractivity contribution >= 4 is 50.8 Å². The molecule has 1 saturated heterocycles. The van der Waals surface area contributed by atoms with Crippen LogP contribution in [0.2, 0.25) is 10.0 Å². The lowest BCUT2D eigenvalue weighted by Gasteiger charge is -2.48. The van der Waals surface area contributed by atoms with Crippen molar-refractivity contribution in [3.05, 3.63) is 99.5 Å². The number of sulfonamides is 1. The Bertz CT molecular complexity index is 1380. The van der Waals surface area contributed by atoms with Crippen LogP contribution in [-0.2, 0) is 14.8 Å². The smallest absolute Gasteiger partial charge is 0.325 e. The van der Waals surface area contributed by atoms with Gasteiger partial charge in [0.1, 0.15) is 6.04 Å². The van der Waals surface area contributed by atoms with Crippen molar-refractivity contribution < 1.29 is 23.1 Å². The maximum atomic E-state index is 12.9. The fourth-order valence-electron chi connectivity index (χ4n) is 4.55. The van der Waals surface area contributed by atoms with E-state index in [4.69, 9.17) is 28.3 Å². The molecule has 2 N–H and O–H groups in total. The van der Waals surface area contributed by atoms with E-state index in [-0.39, 0.29) is 17.6 Å². The number of likely N-dealkylation sites (tertiary alicyclic amines) is 1. The highest BCUT2D eigenvalue weighted by molar-refractivity contribution is 7.92. The molecule has 1 aliphatic rings. The maximum absolute atomic E-state index is 12.9. The number of hydrogen-bond donors (Lipinski definition) is 2. The van der Waals surface area contributed by atoms with E-state index in [1.54, 1.807) is 12.1 Å². The molecule has 4 rings (SSSR count). The Kier molecular flexibility index (Phi) is 8.32. The summed E-state index contributed by atoms with van der Waals surface area (Å²) < 4.78 is 27.1. The van der Waals surface area contributed by atoms with Gasteiger partial charge in [-0.3, -0.25) is 18.8 Å². The molecule has 0 aliphatic carbocycles. The van der Waals surface area contributed by atoms with Crippen LogP contribution in [0.15, 0.2) is 72.8 Å². The number of carbonyl (C=O) groups excluding carboxylic acids is 1. The molecule has 1 amide bonds. The quantitative estimate of drug-likeness (QED) is 0.390. The molecular formula is C27H27Cl2N3O5S. The molecule has 1 atom stereocenters. The number of aliphatic carboxylic acids is 1. The Morgan fingerprint density at radius 1 is 0.974 bits per heavy atom. The first-order chi connectivity index (χ1) is 17.9. The van der Waals surface area contributed by atoms with Crippen LogP contribution in [0.5, 0.6) is 0 Å². The van der Waals surface area contributed by atoms with E-state index < -0.39 is 27.9 Å². The van der Waals surface area contributed by atoms with Crippen molar-refractivity contribution in [1.29, 1.82) is 0 Å². The van der Waals surface area contributed by atoms with Gasteiger partial charge in [0.2, 0.25) is 10.0 Å². The van der Waals surface area contributed by atoms with E-state index in [2.05, 4.69) is 10.2 Å². The second-order valence-corrected chi connectivity index (χ2v) is 12.0. The highest BCUT2D eigenvalue weighted by Crippen LogP contribution is 2.36. The number of anilines is 1. The van der Waals surface area contributed by atoms with Crippen molar-refractivity contribution in [2.45, 2.75) is 25.0 Å². The van der Waals surface area contributed by atoms with Gasteiger partial charge in [-0.1, -0.05) is 53.5 Å². The van der Waals surface area contributed by atoms with E-state index in [0.717, 1.165) is 17.4 Å². The summed E-state index contributed by atoms with van der Waals surface area (Å²) in [6, 6.07) is 19.6. The first kappa shape index (κ1) is 27.9. The third-order valence-electron chi connectivity index (χ3n) is 6.40. The van der Waals surface area contributed by atoms with Crippen molar-refractivity contribution in [3.8, 4) is 0 Å². The highest BCUT2D eigenvalue weighted by Gasteiger charge is 2.40. The molecule has 0 unspecified atom stereocenters. The number of benzene rings is 3. The number of rotatable bonds is 9. The predicted octanol–water partition coefficient (Wildman–Crippen LogP) is 4.44. The number of carboxylic acids is 1. The van der Waals surface area contributed by atoms with Gasteiger partial charge in [0.25, 0.3) is 5.91 Å². The fraction of sp³-hybridized carbons (Fsp3) is 0.259. The van der Waals surface area contributed by atoms with E-state index in [9.17, 15) is 18.0 Å². The normalized spacial score (nSPS) is 15.1. The molecule has 1 heterocycles. The molecule has 200 valence electrons. The van der Waals surface area contributed by atoms with Crippen LogP contribution >= 0.6 is 23.2 Å². The van der Waals surface area contributed by atoms with E-state index in [1.165, 1.54) is 23.4 Å². The summed E-state index contributed by atoms with van der Waals surface area (Å²) >= 11 is 12.2. The number of carbonyl (C=O) groups is 2. The number of carboxylic acid groups (broad SMARTS) is 1. The van der Waals surface area contributed by atoms with Crippen LogP contribution in [0.4, 0.5) is 5.69 Å². The summed E-state index contributed by atoms with van der Waals surface area (Å²) in [6.45, 7) is 2.23. The number of nitrogens with zero attached hydrogens (tertiary/aromatic N) is 2. The maximum Gasteiger partial charge on any atom is 0.325 e. The van der Waals surface area contributed by atoms with Gasteiger partial charge in [-0.2, -0.15) is 0 Å². The minimum Gasteiger partial charge on any atom is -0.480 e. The lowest BCUT2D eigenvalue weighted by atomic mass is 9.93. The summed E-state index contributed by atoms with van der Waals surface area (Å²) in [5.74, 6) is -1.77. The monoisotopic (exact) mass is 575 g/mol. The molecule has 38 heavy (non-hydrogen) atoms. The molecule has 0 radical (unpaired) electrons. The average Bonchev–Trinajstić information content (AvgIpc) is 2.83. The number of hydrogen-bond acceptors (Lipinski definition) is 5. The molecule has 8 nitrogen and oxygen atoms in total. The second kappa shape index (κ2) is 11.3. The average molecular weight is 577 g/mol. The van der Waals surface area contributed by atoms with Gasteiger partial charge in [-0.15, -0.1) is 0 Å². The molecule has 1 fully saturated rings. The number of halogens is 2. The minimum atomic E-state index is -3.70. The van der Waals surface area contributed by atoms with Crippen molar-refractivity contribution in [3.63, 3.8) is 0 Å². The zero-order chi connectivity index (χ0) is 27.6. The van der Waals surface area contributed by atoms with Crippen molar-refractivity contribution in [2.24, 2.45) is 0 Å². The Morgan fingerprint density at radius 3 is 1.97 bits per heavy atom. The lowest BCUT2D eigenvalue weighted by Crippen LogP contribution is -2.61. The summed E-state index contributed by atoms with van der Waals surface area (Å²) in [7, 11) is -3.70. The molecular weight excluding hydrogens is 549 g/mol. The largest absolute Gasteiger partial charge is 0.480 e. The molecule has 3 aromatic carbocycles. The van der Waals surface area contributed by atoms with Crippen LogP contribution < -0.4 is 9.62 Å². The molecule has 1 aliphatic heterocycles. The van der Waals surface area contributed by atoms with E-state index in [0.29, 0.717) is 28.8 Å². The Balaban J connectivity index is 1.60. The van der Waals surface area contributed by atoms with Crippen LogP contribution in [0.1, 0.15) is 34.5 Å². The summed E-state index contributed by atoms with van der Waals surface area (Å²) in [6.07, 6.45) is 1.13. The van der Waals surface area contributed by atoms with Crippen LogP contribution in [0, 0.1) is 0 Å². The molecule has 0 aromatic heterocycles. The van der Waals surface area contributed by atoms with Crippen LogP contribution in [0.3, 0.4) is 0 Å². The number of amides is 1. The fourth-order valence-corrected chi connectivity index (χ4v) is 5.97. The third-order valence-corrected chi connectivity index (χ3v) is 8.12. The number of nitrogens with one attached hydrogen (secondary N) is 1. The molecule has 0 bridgehead atoms. The lowest BCUT2D eigenvalue weighted by molar-refractivity contribution is -0.138. The summed E-state index contributed by atoms with van der Waals surface area (Å²) in [5.41, 5.74) is 2.52. The predicted molar refractivity (Wildman–Crippen MR) is 148 cm³/mol. The molecule has 11 heteroatoms.